The molecule has 0 unspecified atom stereocenters. The molecule has 0 saturated carbocycles. The minimum Gasteiger partial charge on any atom is -0.355 e. The molecule has 1 N–H and O–H groups in total. The van der Waals surface area contributed by atoms with Crippen molar-refractivity contribution < 1.29 is 9.18 Å². The van der Waals surface area contributed by atoms with Crippen LogP contribution < -0.4 is 5.32 Å². The maximum atomic E-state index is 12.9. The first kappa shape index (κ1) is 23.3. The Hall–Kier alpha value is -1.93. The van der Waals surface area contributed by atoms with Crippen molar-refractivity contribution in [2.24, 2.45) is 0 Å². The summed E-state index contributed by atoms with van der Waals surface area (Å²) in [6, 6.07) is 6.56. The van der Waals surface area contributed by atoms with Crippen molar-refractivity contribution in [2.45, 2.75) is 57.3 Å². The number of unbranched alkanes of at least 4 members (excludes halogenated alkanes) is 1. The lowest BCUT2D eigenvalue weighted by Gasteiger charge is -2.23. The van der Waals surface area contributed by atoms with Crippen LogP contribution in [-0.4, -0.2) is 52.0 Å². The molecule has 1 aromatic heterocycles. The molecule has 0 bridgehead atoms. The van der Waals surface area contributed by atoms with Crippen LogP contribution in [0.15, 0.2) is 29.4 Å². The van der Waals surface area contributed by atoms with Crippen molar-refractivity contribution >= 4 is 17.7 Å². The Morgan fingerprint density at radius 3 is 2.59 bits per heavy atom. The van der Waals surface area contributed by atoms with Crippen LogP contribution in [0.2, 0.25) is 0 Å². The number of aromatic nitrogens is 3. The molecule has 0 radical (unpaired) electrons. The lowest BCUT2D eigenvalue weighted by molar-refractivity contribution is -0.118. The van der Waals surface area contributed by atoms with E-state index in [1.54, 1.807) is 12.1 Å². The second kappa shape index (κ2) is 11.9. The molecule has 0 aliphatic carbocycles. The third-order valence-corrected chi connectivity index (χ3v) is 5.74. The number of nitrogens with one attached hydrogen (secondary N) is 1. The van der Waals surface area contributed by atoms with E-state index < -0.39 is 0 Å². The fourth-order valence-corrected chi connectivity index (χ4v) is 3.94. The molecule has 2 rings (SSSR count). The van der Waals surface area contributed by atoms with Crippen LogP contribution in [0.5, 0.6) is 0 Å². The van der Waals surface area contributed by atoms with Crippen LogP contribution in [0, 0.1) is 5.82 Å². The number of hydrogen-bond donors (Lipinski definition) is 1. The van der Waals surface area contributed by atoms with Crippen molar-refractivity contribution in [3.63, 3.8) is 0 Å². The van der Waals surface area contributed by atoms with Crippen molar-refractivity contribution in [1.82, 2.24) is 25.0 Å². The minimum absolute atomic E-state index is 0.0386. The highest BCUT2D eigenvalue weighted by molar-refractivity contribution is 7.99. The van der Waals surface area contributed by atoms with Crippen LogP contribution in [0.1, 0.15) is 50.5 Å². The Labute approximate surface area is 177 Å². The average molecular weight is 422 g/mol. The number of benzene rings is 1. The highest BCUT2D eigenvalue weighted by Crippen LogP contribution is 2.25. The van der Waals surface area contributed by atoms with Crippen LogP contribution >= 0.6 is 11.8 Å². The quantitative estimate of drug-likeness (QED) is 0.530. The van der Waals surface area contributed by atoms with Crippen molar-refractivity contribution in [2.75, 3.05) is 26.4 Å². The standard InChI is InChI=1S/C21H32FN5OS/c1-5-7-14-27-20(18(6-2)26(3)4)24-25-21(27)29-15-19(28)23-13-12-16-8-10-17(22)11-9-16/h8-11,18H,5-7,12-15H2,1-4H3,(H,23,28)/t18-/m0/s1. The number of halogens is 1. The Kier molecular flexibility index (Phi) is 9.60. The van der Waals surface area contributed by atoms with Gasteiger partial charge >= 0.3 is 0 Å². The minimum atomic E-state index is -0.250. The van der Waals surface area contributed by atoms with Gasteiger partial charge in [-0.05, 0) is 51.1 Å². The van der Waals surface area contributed by atoms with Gasteiger partial charge in [-0.3, -0.25) is 9.69 Å². The van der Waals surface area contributed by atoms with Gasteiger partial charge in [0.1, 0.15) is 5.82 Å². The first-order valence-corrected chi connectivity index (χ1v) is 11.2. The molecule has 0 aliphatic heterocycles. The van der Waals surface area contributed by atoms with E-state index in [9.17, 15) is 9.18 Å². The van der Waals surface area contributed by atoms with Crippen LogP contribution in [-0.2, 0) is 17.8 Å². The first-order valence-electron chi connectivity index (χ1n) is 10.2. The van der Waals surface area contributed by atoms with Crippen LogP contribution in [0.3, 0.4) is 0 Å². The topological polar surface area (TPSA) is 63.1 Å². The van der Waals surface area contributed by atoms with E-state index in [4.69, 9.17) is 0 Å². The Bertz CT molecular complexity index is 763. The molecule has 8 heteroatoms. The van der Waals surface area contributed by atoms with E-state index in [1.807, 2.05) is 14.1 Å². The first-order chi connectivity index (χ1) is 14.0. The Morgan fingerprint density at radius 1 is 1.24 bits per heavy atom. The Morgan fingerprint density at radius 2 is 1.97 bits per heavy atom. The van der Waals surface area contributed by atoms with Gasteiger partial charge in [-0.1, -0.05) is 44.2 Å². The lowest BCUT2D eigenvalue weighted by atomic mass is 10.1. The summed E-state index contributed by atoms with van der Waals surface area (Å²) in [5.74, 6) is 0.973. The summed E-state index contributed by atoms with van der Waals surface area (Å²) >= 11 is 1.42. The van der Waals surface area contributed by atoms with Gasteiger partial charge < -0.3 is 9.88 Å². The van der Waals surface area contributed by atoms with Gasteiger partial charge in [0.15, 0.2) is 11.0 Å². The third-order valence-electron chi connectivity index (χ3n) is 4.77. The van der Waals surface area contributed by atoms with Gasteiger partial charge in [-0.2, -0.15) is 0 Å². The van der Waals surface area contributed by atoms with Gasteiger partial charge in [-0.15, -0.1) is 10.2 Å². The zero-order chi connectivity index (χ0) is 21.2. The summed E-state index contributed by atoms with van der Waals surface area (Å²) in [5, 5.41) is 12.5. The summed E-state index contributed by atoms with van der Waals surface area (Å²) < 4.78 is 15.1. The van der Waals surface area contributed by atoms with E-state index in [2.05, 4.69) is 38.8 Å². The molecular formula is C21H32FN5OS. The van der Waals surface area contributed by atoms with Gasteiger partial charge in [0, 0.05) is 13.1 Å². The largest absolute Gasteiger partial charge is 0.355 e. The Balaban J connectivity index is 1.91. The summed E-state index contributed by atoms with van der Waals surface area (Å²) in [4.78, 5) is 14.4. The zero-order valence-electron chi connectivity index (χ0n) is 17.8. The maximum absolute atomic E-state index is 12.9. The molecule has 1 amide bonds. The molecule has 0 saturated heterocycles. The van der Waals surface area contributed by atoms with Crippen molar-refractivity contribution in [3.05, 3.63) is 41.5 Å². The predicted molar refractivity (Wildman–Crippen MR) is 115 cm³/mol. The summed E-state index contributed by atoms with van der Waals surface area (Å²) in [5.41, 5.74) is 0.998. The smallest absolute Gasteiger partial charge is 0.230 e. The number of rotatable bonds is 12. The van der Waals surface area contributed by atoms with Gasteiger partial charge in [0.2, 0.25) is 5.91 Å². The van der Waals surface area contributed by atoms with E-state index in [1.165, 1.54) is 23.9 Å². The fraction of sp³-hybridized carbons (Fsp3) is 0.571. The number of carbonyl (C=O) groups excluding carboxylic acids is 1. The van der Waals surface area contributed by atoms with Gasteiger partial charge in [-0.25, -0.2) is 4.39 Å². The molecule has 1 atom stereocenters. The molecule has 0 spiro atoms. The van der Waals surface area contributed by atoms with Gasteiger partial charge in [0.05, 0.1) is 11.8 Å². The molecular weight excluding hydrogens is 389 g/mol. The van der Waals surface area contributed by atoms with Crippen molar-refractivity contribution in [3.8, 4) is 0 Å². The molecule has 2 aromatic rings. The summed E-state index contributed by atoms with van der Waals surface area (Å²) in [6.45, 7) is 5.69. The lowest BCUT2D eigenvalue weighted by Crippen LogP contribution is -2.27. The van der Waals surface area contributed by atoms with E-state index >= 15 is 0 Å². The summed E-state index contributed by atoms with van der Waals surface area (Å²) in [6.07, 6.45) is 3.76. The number of thioether (sulfide) groups is 1. The van der Waals surface area contributed by atoms with Crippen LogP contribution in [0.25, 0.3) is 0 Å². The average Bonchev–Trinajstić information content (AvgIpc) is 3.09. The molecule has 29 heavy (non-hydrogen) atoms. The van der Waals surface area contributed by atoms with Crippen molar-refractivity contribution in [1.29, 1.82) is 0 Å². The van der Waals surface area contributed by atoms with E-state index in [0.29, 0.717) is 18.7 Å². The molecule has 0 aliphatic rings. The summed E-state index contributed by atoms with van der Waals surface area (Å²) in [7, 11) is 4.10. The second-order valence-corrected chi connectivity index (χ2v) is 8.19. The van der Waals surface area contributed by atoms with E-state index in [0.717, 1.165) is 42.4 Å². The third kappa shape index (κ3) is 7.12. The molecule has 1 heterocycles. The normalized spacial score (nSPS) is 12.3. The number of amides is 1. The fourth-order valence-electron chi connectivity index (χ4n) is 3.14. The molecule has 6 nitrogen and oxygen atoms in total. The highest BCUT2D eigenvalue weighted by Gasteiger charge is 2.22. The second-order valence-electron chi connectivity index (χ2n) is 7.25. The molecule has 160 valence electrons. The van der Waals surface area contributed by atoms with Gasteiger partial charge in [0.25, 0.3) is 0 Å². The highest BCUT2D eigenvalue weighted by atomic mass is 32.2. The predicted octanol–water partition coefficient (Wildman–Crippen LogP) is 3.68. The number of hydrogen-bond acceptors (Lipinski definition) is 5. The maximum Gasteiger partial charge on any atom is 0.230 e. The van der Waals surface area contributed by atoms with Crippen LogP contribution in [0.4, 0.5) is 4.39 Å². The zero-order valence-corrected chi connectivity index (χ0v) is 18.6. The number of carbonyl (C=O) groups is 1. The van der Waals surface area contributed by atoms with E-state index in [-0.39, 0.29) is 17.8 Å². The SMILES string of the molecule is CCCCn1c(SCC(=O)NCCc2ccc(F)cc2)nnc1[C@H](CC)N(C)C. The monoisotopic (exact) mass is 421 g/mol. The number of nitrogens with zero attached hydrogens (tertiary/aromatic N) is 4. The molecule has 0 fully saturated rings. The molecule has 1 aromatic carbocycles.